The SMILES string of the molecule is Cc1ccc(-c2ccc(OCC(=O)NC(c3ccccc3)c3c(O)ccc4ccccc34)cc2)cc1. The summed E-state index contributed by atoms with van der Waals surface area (Å²) in [4.78, 5) is 13.0. The predicted molar refractivity (Wildman–Crippen MR) is 144 cm³/mol. The maximum absolute atomic E-state index is 13.0. The molecule has 5 rings (SSSR count). The summed E-state index contributed by atoms with van der Waals surface area (Å²) in [6.45, 7) is 1.93. The summed E-state index contributed by atoms with van der Waals surface area (Å²) in [7, 11) is 0. The van der Waals surface area contributed by atoms with Crippen LogP contribution in [0.2, 0.25) is 0 Å². The van der Waals surface area contributed by atoms with E-state index in [-0.39, 0.29) is 18.3 Å². The van der Waals surface area contributed by atoms with Crippen molar-refractivity contribution < 1.29 is 14.6 Å². The molecule has 4 nitrogen and oxygen atoms in total. The third-order valence-electron chi connectivity index (χ3n) is 6.28. The van der Waals surface area contributed by atoms with Gasteiger partial charge in [0.1, 0.15) is 11.5 Å². The normalized spacial score (nSPS) is 11.7. The number of aromatic hydroxyl groups is 1. The number of rotatable bonds is 7. The lowest BCUT2D eigenvalue weighted by Gasteiger charge is -2.22. The third-order valence-corrected chi connectivity index (χ3v) is 6.28. The van der Waals surface area contributed by atoms with Crippen molar-refractivity contribution in [2.45, 2.75) is 13.0 Å². The quantitative estimate of drug-likeness (QED) is 0.273. The molecule has 0 saturated heterocycles. The van der Waals surface area contributed by atoms with Crippen LogP contribution >= 0.6 is 0 Å². The molecule has 5 aromatic carbocycles. The first kappa shape index (κ1) is 23.2. The number of hydrogen-bond donors (Lipinski definition) is 2. The van der Waals surface area contributed by atoms with Crippen LogP contribution < -0.4 is 10.1 Å². The Morgan fingerprint density at radius 3 is 2.14 bits per heavy atom. The molecule has 0 spiro atoms. The fourth-order valence-corrected chi connectivity index (χ4v) is 4.40. The van der Waals surface area contributed by atoms with E-state index in [2.05, 4.69) is 36.5 Å². The molecule has 0 aliphatic heterocycles. The van der Waals surface area contributed by atoms with Gasteiger partial charge >= 0.3 is 0 Å². The molecule has 0 radical (unpaired) electrons. The van der Waals surface area contributed by atoms with Crippen LogP contribution in [0.25, 0.3) is 21.9 Å². The summed E-state index contributed by atoms with van der Waals surface area (Å²) < 4.78 is 5.79. The Kier molecular flexibility index (Phi) is 6.67. The van der Waals surface area contributed by atoms with Crippen molar-refractivity contribution in [3.63, 3.8) is 0 Å². The van der Waals surface area contributed by atoms with Gasteiger partial charge in [-0.2, -0.15) is 0 Å². The molecular weight excluding hydrogens is 446 g/mol. The molecule has 0 aromatic heterocycles. The number of ether oxygens (including phenoxy) is 1. The second-order valence-electron chi connectivity index (χ2n) is 8.81. The molecule has 0 fully saturated rings. The van der Waals surface area contributed by atoms with E-state index in [0.29, 0.717) is 11.3 Å². The first-order valence-electron chi connectivity index (χ1n) is 11.9. The summed E-state index contributed by atoms with van der Waals surface area (Å²) in [6.07, 6.45) is 0. The maximum atomic E-state index is 13.0. The van der Waals surface area contributed by atoms with Gasteiger partial charge in [-0.1, -0.05) is 103 Å². The highest BCUT2D eigenvalue weighted by molar-refractivity contribution is 5.89. The summed E-state index contributed by atoms with van der Waals surface area (Å²) in [5.74, 6) is 0.472. The summed E-state index contributed by atoms with van der Waals surface area (Å²) >= 11 is 0. The van der Waals surface area contributed by atoms with Crippen LogP contribution in [0, 0.1) is 6.92 Å². The number of nitrogens with one attached hydrogen (secondary N) is 1. The van der Waals surface area contributed by atoms with E-state index in [4.69, 9.17) is 4.74 Å². The summed E-state index contributed by atoms with van der Waals surface area (Å²) in [6, 6.07) is 36.6. The zero-order valence-electron chi connectivity index (χ0n) is 20.0. The molecule has 36 heavy (non-hydrogen) atoms. The highest BCUT2D eigenvalue weighted by atomic mass is 16.5. The molecule has 4 heteroatoms. The van der Waals surface area contributed by atoms with Gasteiger partial charge in [0.2, 0.25) is 0 Å². The molecular formula is C32H27NO3. The molecule has 2 N–H and O–H groups in total. The Bertz CT molecular complexity index is 1480. The predicted octanol–water partition coefficient (Wildman–Crippen LogP) is 6.81. The van der Waals surface area contributed by atoms with Crippen LogP contribution in [-0.4, -0.2) is 17.6 Å². The van der Waals surface area contributed by atoms with Crippen molar-refractivity contribution in [3.05, 3.63) is 132 Å². The number of benzene rings is 5. The number of carbonyl (C=O) groups is 1. The molecule has 1 unspecified atom stereocenters. The number of carbonyl (C=O) groups excluding carboxylic acids is 1. The average molecular weight is 474 g/mol. The third kappa shape index (κ3) is 5.08. The first-order valence-corrected chi connectivity index (χ1v) is 11.9. The Morgan fingerprint density at radius 2 is 1.42 bits per heavy atom. The lowest BCUT2D eigenvalue weighted by atomic mass is 9.92. The Morgan fingerprint density at radius 1 is 0.778 bits per heavy atom. The minimum Gasteiger partial charge on any atom is -0.508 e. The molecule has 0 saturated carbocycles. The molecule has 0 aliphatic rings. The van der Waals surface area contributed by atoms with Crippen LogP contribution in [0.15, 0.2) is 115 Å². The van der Waals surface area contributed by atoms with Crippen molar-refractivity contribution in [1.82, 2.24) is 5.32 Å². The van der Waals surface area contributed by atoms with Gasteiger partial charge in [-0.25, -0.2) is 0 Å². The van der Waals surface area contributed by atoms with Gasteiger partial charge < -0.3 is 15.2 Å². The highest BCUT2D eigenvalue weighted by Gasteiger charge is 2.22. The van der Waals surface area contributed by atoms with E-state index >= 15 is 0 Å². The largest absolute Gasteiger partial charge is 0.508 e. The topological polar surface area (TPSA) is 58.6 Å². The van der Waals surface area contributed by atoms with E-state index in [1.54, 1.807) is 6.07 Å². The maximum Gasteiger partial charge on any atom is 0.258 e. The minimum atomic E-state index is -0.530. The fourth-order valence-electron chi connectivity index (χ4n) is 4.40. The summed E-state index contributed by atoms with van der Waals surface area (Å²) in [5.41, 5.74) is 4.97. The van der Waals surface area contributed by atoms with Crippen LogP contribution in [0.3, 0.4) is 0 Å². The van der Waals surface area contributed by atoms with Gasteiger partial charge in [0.15, 0.2) is 6.61 Å². The molecule has 1 atom stereocenters. The lowest BCUT2D eigenvalue weighted by molar-refractivity contribution is -0.123. The Hall–Kier alpha value is -4.57. The average Bonchev–Trinajstić information content (AvgIpc) is 2.92. The van der Waals surface area contributed by atoms with E-state index in [1.165, 1.54) is 5.56 Å². The molecule has 5 aromatic rings. The zero-order chi connectivity index (χ0) is 24.9. The number of amides is 1. The van der Waals surface area contributed by atoms with Crippen LogP contribution in [0.5, 0.6) is 11.5 Å². The van der Waals surface area contributed by atoms with Crippen LogP contribution in [-0.2, 0) is 4.79 Å². The first-order chi connectivity index (χ1) is 17.6. The van der Waals surface area contributed by atoms with Gasteiger partial charge in [-0.3, -0.25) is 4.79 Å². The summed E-state index contributed by atoms with van der Waals surface area (Å²) in [5, 5.41) is 15.8. The zero-order valence-corrected chi connectivity index (χ0v) is 20.0. The second-order valence-corrected chi connectivity index (χ2v) is 8.81. The van der Waals surface area contributed by atoms with E-state index < -0.39 is 6.04 Å². The van der Waals surface area contributed by atoms with Gasteiger partial charge in [0.05, 0.1) is 6.04 Å². The van der Waals surface area contributed by atoms with Gasteiger partial charge in [-0.05, 0) is 52.6 Å². The molecule has 0 bridgehead atoms. The monoisotopic (exact) mass is 473 g/mol. The second kappa shape index (κ2) is 10.4. The highest BCUT2D eigenvalue weighted by Crippen LogP contribution is 2.35. The molecule has 1 amide bonds. The van der Waals surface area contributed by atoms with Crippen molar-refractivity contribution in [1.29, 1.82) is 0 Å². The Labute approximate surface area is 210 Å². The van der Waals surface area contributed by atoms with Crippen LogP contribution in [0.4, 0.5) is 0 Å². The molecule has 178 valence electrons. The van der Waals surface area contributed by atoms with Crippen molar-refractivity contribution >= 4 is 16.7 Å². The minimum absolute atomic E-state index is 0.135. The van der Waals surface area contributed by atoms with Gasteiger partial charge in [0.25, 0.3) is 5.91 Å². The fraction of sp³-hybridized carbons (Fsp3) is 0.0938. The number of phenols is 1. The molecule has 0 aliphatic carbocycles. The van der Waals surface area contributed by atoms with E-state index in [9.17, 15) is 9.90 Å². The van der Waals surface area contributed by atoms with E-state index in [0.717, 1.165) is 27.5 Å². The van der Waals surface area contributed by atoms with Crippen LogP contribution in [0.1, 0.15) is 22.7 Å². The van der Waals surface area contributed by atoms with E-state index in [1.807, 2.05) is 84.9 Å². The van der Waals surface area contributed by atoms with Crippen molar-refractivity contribution in [2.24, 2.45) is 0 Å². The standard InChI is InChI=1S/C32H27NO3/c1-22-11-13-23(14-12-22)24-15-18-27(19-16-24)36-21-30(35)33-32(26-8-3-2-4-9-26)31-28-10-6-5-7-25(28)17-20-29(31)34/h2-20,32,34H,21H2,1H3,(H,33,35). The number of hydrogen-bond acceptors (Lipinski definition) is 3. The number of fused-ring (bicyclic) bond motifs is 1. The van der Waals surface area contributed by atoms with Gasteiger partial charge in [-0.15, -0.1) is 0 Å². The Balaban J connectivity index is 1.34. The lowest BCUT2D eigenvalue weighted by Crippen LogP contribution is -2.33. The molecule has 0 heterocycles. The number of phenolic OH excluding ortho intramolecular Hbond substituents is 1. The van der Waals surface area contributed by atoms with Crippen molar-refractivity contribution in [3.8, 4) is 22.6 Å². The van der Waals surface area contributed by atoms with Crippen molar-refractivity contribution in [2.75, 3.05) is 6.61 Å². The number of aryl methyl sites for hydroxylation is 1. The van der Waals surface area contributed by atoms with Gasteiger partial charge in [0, 0.05) is 5.56 Å². The smallest absolute Gasteiger partial charge is 0.258 e.